The standard InChI is InChI=1S/C21H22ClN5O/c1-21(2)9-17(26-20(28)18-12-23-6-7-24-18)16-11-25-27(19(16)10-21)13-14-4-3-5-15(22)8-14/h3-8,11-12,17H,9-10,13H2,1-2H3,(H,26,28). The van der Waals surface area contributed by atoms with Crippen LogP contribution in [0.15, 0.2) is 49.1 Å². The highest BCUT2D eigenvalue weighted by molar-refractivity contribution is 6.30. The third kappa shape index (κ3) is 3.92. The highest BCUT2D eigenvalue weighted by Gasteiger charge is 2.36. The SMILES string of the molecule is CC1(C)Cc2c(cnn2Cc2cccc(Cl)c2)C(NC(=O)c2cnccn2)C1. The van der Waals surface area contributed by atoms with E-state index in [0.29, 0.717) is 17.3 Å². The number of aromatic nitrogens is 4. The van der Waals surface area contributed by atoms with Gasteiger partial charge in [-0.15, -0.1) is 0 Å². The van der Waals surface area contributed by atoms with Crippen LogP contribution in [0.2, 0.25) is 5.02 Å². The molecule has 7 heteroatoms. The number of amides is 1. The van der Waals surface area contributed by atoms with Crippen LogP contribution in [0.25, 0.3) is 0 Å². The highest BCUT2D eigenvalue weighted by atomic mass is 35.5. The van der Waals surface area contributed by atoms with Gasteiger partial charge in [-0.05, 0) is 36.0 Å². The zero-order valence-corrected chi connectivity index (χ0v) is 16.6. The second-order valence-corrected chi connectivity index (χ2v) is 8.43. The van der Waals surface area contributed by atoms with Gasteiger partial charge in [0.2, 0.25) is 0 Å². The Balaban J connectivity index is 1.61. The molecule has 3 aromatic rings. The molecule has 0 fully saturated rings. The van der Waals surface area contributed by atoms with Crippen molar-refractivity contribution in [1.82, 2.24) is 25.1 Å². The number of nitrogens with zero attached hydrogens (tertiary/aromatic N) is 4. The molecule has 1 aliphatic carbocycles. The molecular weight excluding hydrogens is 374 g/mol. The van der Waals surface area contributed by atoms with Gasteiger partial charge < -0.3 is 5.32 Å². The van der Waals surface area contributed by atoms with Gasteiger partial charge in [-0.2, -0.15) is 5.10 Å². The Morgan fingerprint density at radius 2 is 2.18 bits per heavy atom. The Kier molecular flexibility index (Phi) is 4.89. The Morgan fingerprint density at radius 3 is 2.93 bits per heavy atom. The molecule has 2 heterocycles. The summed E-state index contributed by atoms with van der Waals surface area (Å²) in [6.45, 7) is 5.08. The fraction of sp³-hybridized carbons (Fsp3) is 0.333. The van der Waals surface area contributed by atoms with Crippen molar-refractivity contribution in [3.8, 4) is 0 Å². The molecule has 0 spiro atoms. The lowest BCUT2D eigenvalue weighted by Gasteiger charge is -2.36. The van der Waals surface area contributed by atoms with Crippen LogP contribution in [0.3, 0.4) is 0 Å². The van der Waals surface area contributed by atoms with Crippen molar-refractivity contribution < 1.29 is 4.79 Å². The molecule has 4 rings (SSSR count). The number of hydrogen-bond donors (Lipinski definition) is 1. The maximum atomic E-state index is 12.6. The van der Waals surface area contributed by atoms with Crippen LogP contribution < -0.4 is 5.32 Å². The number of carbonyl (C=O) groups excluding carboxylic acids is 1. The summed E-state index contributed by atoms with van der Waals surface area (Å²) in [5.41, 5.74) is 3.68. The summed E-state index contributed by atoms with van der Waals surface area (Å²) >= 11 is 6.12. The molecular formula is C21H22ClN5O. The Morgan fingerprint density at radius 1 is 1.32 bits per heavy atom. The molecule has 0 radical (unpaired) electrons. The van der Waals surface area contributed by atoms with E-state index >= 15 is 0 Å². The maximum absolute atomic E-state index is 12.6. The van der Waals surface area contributed by atoms with Crippen molar-refractivity contribution in [1.29, 1.82) is 0 Å². The summed E-state index contributed by atoms with van der Waals surface area (Å²) in [5.74, 6) is -0.218. The van der Waals surface area contributed by atoms with E-state index in [1.165, 1.54) is 12.4 Å². The normalized spacial score (nSPS) is 17.8. The molecule has 0 saturated carbocycles. The molecule has 1 aromatic carbocycles. The minimum atomic E-state index is -0.218. The van der Waals surface area contributed by atoms with Crippen molar-refractivity contribution in [2.75, 3.05) is 0 Å². The van der Waals surface area contributed by atoms with Crippen molar-refractivity contribution in [2.24, 2.45) is 5.41 Å². The van der Waals surface area contributed by atoms with Gasteiger partial charge in [0.1, 0.15) is 5.69 Å². The average molecular weight is 396 g/mol. The number of hydrogen-bond acceptors (Lipinski definition) is 4. The van der Waals surface area contributed by atoms with Gasteiger partial charge in [0, 0.05) is 28.7 Å². The van der Waals surface area contributed by atoms with Crippen molar-refractivity contribution in [2.45, 2.75) is 39.3 Å². The summed E-state index contributed by atoms with van der Waals surface area (Å²) < 4.78 is 2.02. The second kappa shape index (κ2) is 7.36. The molecule has 6 nitrogen and oxygen atoms in total. The van der Waals surface area contributed by atoms with E-state index in [1.54, 1.807) is 6.20 Å². The largest absolute Gasteiger partial charge is 0.344 e. The maximum Gasteiger partial charge on any atom is 0.271 e. The van der Waals surface area contributed by atoms with Crippen LogP contribution in [0.5, 0.6) is 0 Å². The first-order chi connectivity index (χ1) is 13.4. The zero-order chi connectivity index (χ0) is 19.7. The molecule has 1 N–H and O–H groups in total. The van der Waals surface area contributed by atoms with E-state index in [4.69, 9.17) is 11.6 Å². The molecule has 1 unspecified atom stereocenters. The number of benzene rings is 1. The lowest BCUT2D eigenvalue weighted by Crippen LogP contribution is -2.37. The second-order valence-electron chi connectivity index (χ2n) is 8.00. The van der Waals surface area contributed by atoms with Gasteiger partial charge >= 0.3 is 0 Å². The zero-order valence-electron chi connectivity index (χ0n) is 15.9. The smallest absolute Gasteiger partial charge is 0.271 e. The van der Waals surface area contributed by atoms with Gasteiger partial charge in [-0.3, -0.25) is 14.5 Å². The summed E-state index contributed by atoms with van der Waals surface area (Å²) in [5, 5.41) is 8.45. The fourth-order valence-corrected chi connectivity index (χ4v) is 4.03. The summed E-state index contributed by atoms with van der Waals surface area (Å²) in [6.07, 6.45) is 8.17. The first-order valence-corrected chi connectivity index (χ1v) is 9.65. The first-order valence-electron chi connectivity index (χ1n) is 9.27. The summed E-state index contributed by atoms with van der Waals surface area (Å²) in [4.78, 5) is 20.7. The third-order valence-corrected chi connectivity index (χ3v) is 5.32. The van der Waals surface area contributed by atoms with Crippen molar-refractivity contribution in [3.05, 3.63) is 76.6 Å². The Hall–Kier alpha value is -2.73. The molecule has 1 atom stereocenters. The van der Waals surface area contributed by atoms with Gasteiger partial charge in [0.25, 0.3) is 5.91 Å². The van der Waals surface area contributed by atoms with Crippen molar-refractivity contribution in [3.63, 3.8) is 0 Å². The molecule has 1 aliphatic rings. The minimum absolute atomic E-state index is 0.0411. The molecule has 0 bridgehead atoms. The quantitative estimate of drug-likeness (QED) is 0.728. The predicted molar refractivity (Wildman–Crippen MR) is 107 cm³/mol. The number of fused-ring (bicyclic) bond motifs is 1. The van der Waals surface area contributed by atoms with Gasteiger partial charge in [0.05, 0.1) is 25.0 Å². The molecule has 0 saturated heterocycles. The van der Waals surface area contributed by atoms with E-state index in [-0.39, 0.29) is 17.4 Å². The van der Waals surface area contributed by atoms with E-state index in [1.807, 2.05) is 35.1 Å². The molecule has 28 heavy (non-hydrogen) atoms. The monoisotopic (exact) mass is 395 g/mol. The molecule has 2 aromatic heterocycles. The number of nitrogens with one attached hydrogen (secondary N) is 1. The van der Waals surface area contributed by atoms with E-state index in [0.717, 1.165) is 29.7 Å². The lowest BCUT2D eigenvalue weighted by atomic mass is 9.74. The highest BCUT2D eigenvalue weighted by Crippen LogP contribution is 2.41. The van der Waals surface area contributed by atoms with Crippen molar-refractivity contribution >= 4 is 17.5 Å². The molecule has 1 amide bonds. The van der Waals surface area contributed by atoms with Crippen LogP contribution in [-0.4, -0.2) is 25.7 Å². The first kappa shape index (κ1) is 18.6. The van der Waals surface area contributed by atoms with Crippen LogP contribution in [0, 0.1) is 5.41 Å². The van der Waals surface area contributed by atoms with Crippen LogP contribution in [0.1, 0.15) is 53.6 Å². The van der Waals surface area contributed by atoms with Gasteiger partial charge in [-0.1, -0.05) is 37.6 Å². The fourth-order valence-electron chi connectivity index (χ4n) is 3.82. The molecule has 144 valence electrons. The molecule has 0 aliphatic heterocycles. The Bertz CT molecular complexity index is 999. The lowest BCUT2D eigenvalue weighted by molar-refractivity contribution is 0.0913. The van der Waals surface area contributed by atoms with E-state index < -0.39 is 0 Å². The van der Waals surface area contributed by atoms with E-state index in [9.17, 15) is 4.79 Å². The predicted octanol–water partition coefficient (Wildman–Crippen LogP) is 3.82. The van der Waals surface area contributed by atoms with Crippen LogP contribution >= 0.6 is 11.6 Å². The average Bonchev–Trinajstić information content (AvgIpc) is 3.04. The minimum Gasteiger partial charge on any atom is -0.344 e. The number of rotatable bonds is 4. The topological polar surface area (TPSA) is 72.7 Å². The number of halogens is 1. The summed E-state index contributed by atoms with van der Waals surface area (Å²) in [6, 6.07) is 7.70. The third-order valence-electron chi connectivity index (χ3n) is 5.08. The Labute approximate surface area is 169 Å². The summed E-state index contributed by atoms with van der Waals surface area (Å²) in [7, 11) is 0. The van der Waals surface area contributed by atoms with E-state index in [2.05, 4.69) is 34.2 Å². The van der Waals surface area contributed by atoms with Gasteiger partial charge in [0.15, 0.2) is 0 Å². The van der Waals surface area contributed by atoms with Gasteiger partial charge in [-0.25, -0.2) is 4.98 Å². The number of carbonyl (C=O) groups is 1. The van der Waals surface area contributed by atoms with Crippen LogP contribution in [0.4, 0.5) is 0 Å². The van der Waals surface area contributed by atoms with Crippen LogP contribution in [-0.2, 0) is 13.0 Å².